The Labute approximate surface area is 151 Å². The summed E-state index contributed by atoms with van der Waals surface area (Å²) < 4.78 is 0. The first kappa shape index (κ1) is 16.3. The molecule has 0 unspecified atom stereocenters. The van der Waals surface area contributed by atoms with Crippen LogP contribution in [0.3, 0.4) is 0 Å². The van der Waals surface area contributed by atoms with Crippen molar-refractivity contribution in [2.24, 2.45) is 11.0 Å². The summed E-state index contributed by atoms with van der Waals surface area (Å²) in [6, 6.07) is 16.8. The van der Waals surface area contributed by atoms with Crippen molar-refractivity contribution in [1.29, 1.82) is 0 Å². The average Bonchev–Trinajstić information content (AvgIpc) is 3.43. The van der Waals surface area contributed by atoms with Crippen LogP contribution < -0.4 is 5.43 Å². The van der Waals surface area contributed by atoms with Crippen LogP contribution in [-0.4, -0.2) is 22.5 Å². The molecule has 2 aromatic rings. The fourth-order valence-corrected chi connectivity index (χ4v) is 3.43. The Balaban J connectivity index is 1.46. The molecule has 0 aliphatic heterocycles. The summed E-state index contributed by atoms with van der Waals surface area (Å²) in [6.45, 7) is 1.61. The van der Waals surface area contributed by atoms with E-state index < -0.39 is 0 Å². The maximum Gasteiger partial charge on any atom is 0.243 e. The van der Waals surface area contributed by atoms with Crippen LogP contribution in [0.5, 0.6) is 0 Å². The summed E-state index contributed by atoms with van der Waals surface area (Å²) in [5, 5.41) is 14.4. The number of rotatable bonds is 4. The minimum atomic E-state index is -0.276. The number of hydrogen-bond donors (Lipinski definition) is 2. The van der Waals surface area contributed by atoms with Gasteiger partial charge in [-0.05, 0) is 24.8 Å². The quantitative estimate of drug-likeness (QED) is 0.657. The van der Waals surface area contributed by atoms with E-state index in [-0.39, 0.29) is 34.9 Å². The molecule has 0 heterocycles. The monoisotopic (exact) mass is 346 g/mol. The highest BCUT2D eigenvalue weighted by molar-refractivity contribution is 6.35. The molecule has 0 aromatic heterocycles. The lowest BCUT2D eigenvalue weighted by Gasteiger charge is -2.04. The summed E-state index contributed by atoms with van der Waals surface area (Å²) in [7, 11) is 0. The molecule has 130 valence electrons. The predicted molar refractivity (Wildman–Crippen MR) is 98.9 cm³/mol. The molecule has 26 heavy (non-hydrogen) atoms. The van der Waals surface area contributed by atoms with Crippen molar-refractivity contribution >= 4 is 23.2 Å². The lowest BCUT2D eigenvalue weighted by molar-refractivity contribution is -0.122. The summed E-state index contributed by atoms with van der Waals surface area (Å²) in [6.07, 6.45) is 0.794. The summed E-state index contributed by atoms with van der Waals surface area (Å²) in [5.41, 5.74) is 5.08. The van der Waals surface area contributed by atoms with E-state index in [4.69, 9.17) is 0 Å². The zero-order valence-electron chi connectivity index (χ0n) is 14.3. The van der Waals surface area contributed by atoms with Crippen LogP contribution in [0.25, 0.3) is 5.76 Å². The molecule has 5 heteroatoms. The third-order valence-electron chi connectivity index (χ3n) is 4.94. The van der Waals surface area contributed by atoms with Gasteiger partial charge in [0.05, 0.1) is 11.3 Å². The Hall–Kier alpha value is -3.21. The molecule has 1 amide bonds. The fraction of sp³-hybridized carbons (Fsp3) is 0.190. The average molecular weight is 346 g/mol. The van der Waals surface area contributed by atoms with Crippen molar-refractivity contribution < 1.29 is 14.7 Å². The van der Waals surface area contributed by atoms with Crippen molar-refractivity contribution in [3.05, 3.63) is 76.9 Å². The number of aliphatic hydroxyl groups excluding tert-OH is 1. The van der Waals surface area contributed by atoms with Gasteiger partial charge in [0, 0.05) is 17.0 Å². The fourth-order valence-electron chi connectivity index (χ4n) is 3.43. The lowest BCUT2D eigenvalue weighted by atomic mass is 10.1. The molecule has 0 bridgehead atoms. The van der Waals surface area contributed by atoms with Crippen molar-refractivity contribution in [3.8, 4) is 0 Å². The van der Waals surface area contributed by atoms with E-state index in [0.29, 0.717) is 16.8 Å². The third-order valence-corrected chi connectivity index (χ3v) is 4.94. The van der Waals surface area contributed by atoms with Crippen molar-refractivity contribution in [2.75, 3.05) is 0 Å². The third kappa shape index (κ3) is 2.71. The number of carbonyl (C=O) groups excluding carboxylic acids is 2. The summed E-state index contributed by atoms with van der Waals surface area (Å²) in [5.74, 6) is -0.414. The molecular weight excluding hydrogens is 328 g/mol. The highest BCUT2D eigenvalue weighted by Gasteiger charge is 2.44. The van der Waals surface area contributed by atoms with Gasteiger partial charge >= 0.3 is 0 Å². The van der Waals surface area contributed by atoms with E-state index in [1.807, 2.05) is 30.3 Å². The maximum absolute atomic E-state index is 12.5. The van der Waals surface area contributed by atoms with Gasteiger partial charge in [-0.15, -0.1) is 0 Å². The van der Waals surface area contributed by atoms with Crippen LogP contribution in [-0.2, 0) is 4.79 Å². The second kappa shape index (κ2) is 6.26. The van der Waals surface area contributed by atoms with Gasteiger partial charge in [0.15, 0.2) is 5.78 Å². The van der Waals surface area contributed by atoms with E-state index in [2.05, 4.69) is 10.5 Å². The van der Waals surface area contributed by atoms with E-state index in [1.54, 1.807) is 31.2 Å². The van der Waals surface area contributed by atoms with E-state index in [1.165, 1.54) is 0 Å². The van der Waals surface area contributed by atoms with Gasteiger partial charge in [0.25, 0.3) is 0 Å². The van der Waals surface area contributed by atoms with Crippen LogP contribution in [0.4, 0.5) is 0 Å². The molecule has 4 rings (SSSR count). The Bertz CT molecular complexity index is 960. The highest BCUT2D eigenvalue weighted by Crippen LogP contribution is 2.47. The van der Waals surface area contributed by atoms with E-state index in [9.17, 15) is 14.7 Å². The number of allylic oxidation sites excluding steroid dienone is 1. The first-order valence-corrected chi connectivity index (χ1v) is 8.54. The summed E-state index contributed by atoms with van der Waals surface area (Å²) >= 11 is 0. The molecule has 2 atom stereocenters. The molecular formula is C21H18N2O3. The van der Waals surface area contributed by atoms with E-state index in [0.717, 1.165) is 12.0 Å². The van der Waals surface area contributed by atoms with Gasteiger partial charge in [-0.2, -0.15) is 5.10 Å². The number of nitrogens with one attached hydrogen (secondary N) is 1. The number of fused-ring (bicyclic) bond motifs is 1. The zero-order chi connectivity index (χ0) is 18.3. The van der Waals surface area contributed by atoms with Crippen molar-refractivity contribution in [2.45, 2.75) is 19.3 Å². The van der Waals surface area contributed by atoms with Crippen LogP contribution in [0, 0.1) is 5.92 Å². The molecule has 5 nitrogen and oxygen atoms in total. The van der Waals surface area contributed by atoms with E-state index >= 15 is 0 Å². The van der Waals surface area contributed by atoms with Crippen molar-refractivity contribution in [1.82, 2.24) is 5.43 Å². The topological polar surface area (TPSA) is 78.8 Å². The second-order valence-electron chi connectivity index (χ2n) is 6.63. The Morgan fingerprint density at radius 1 is 1.08 bits per heavy atom. The van der Waals surface area contributed by atoms with Crippen LogP contribution >= 0.6 is 0 Å². The van der Waals surface area contributed by atoms with Gasteiger partial charge in [0.2, 0.25) is 5.91 Å². The number of nitrogens with zero attached hydrogens (tertiary/aromatic N) is 1. The molecule has 1 fully saturated rings. The molecule has 0 saturated heterocycles. The van der Waals surface area contributed by atoms with Gasteiger partial charge in [-0.3, -0.25) is 9.59 Å². The van der Waals surface area contributed by atoms with Gasteiger partial charge in [-0.25, -0.2) is 5.43 Å². The van der Waals surface area contributed by atoms with Gasteiger partial charge in [0.1, 0.15) is 5.76 Å². The van der Waals surface area contributed by atoms with Gasteiger partial charge < -0.3 is 5.11 Å². The number of amides is 1. The Morgan fingerprint density at radius 3 is 2.42 bits per heavy atom. The van der Waals surface area contributed by atoms with Crippen LogP contribution in [0.2, 0.25) is 0 Å². The Morgan fingerprint density at radius 2 is 1.73 bits per heavy atom. The number of carbonyl (C=O) groups is 2. The minimum absolute atomic E-state index is 0.0883. The molecule has 2 aliphatic rings. The Kier molecular flexibility index (Phi) is 3.92. The smallest absolute Gasteiger partial charge is 0.243 e. The lowest BCUT2D eigenvalue weighted by Crippen LogP contribution is -2.22. The van der Waals surface area contributed by atoms with Crippen LogP contribution in [0.15, 0.2) is 65.3 Å². The largest absolute Gasteiger partial charge is 0.506 e. The van der Waals surface area contributed by atoms with Crippen molar-refractivity contribution in [3.63, 3.8) is 0 Å². The maximum atomic E-state index is 12.5. The number of hydrogen-bond acceptors (Lipinski definition) is 4. The number of ketones is 1. The molecule has 1 saturated carbocycles. The SMILES string of the molecule is C/C(=N\NC(=O)[C@H]1C[C@@H]1c1ccccc1)C1=C(O)c2ccccc2C1=O. The predicted octanol–water partition coefficient (Wildman–Crippen LogP) is 3.45. The van der Waals surface area contributed by atoms with Crippen LogP contribution in [0.1, 0.15) is 40.7 Å². The van der Waals surface area contributed by atoms with Gasteiger partial charge in [-0.1, -0.05) is 54.6 Å². The number of aliphatic hydroxyl groups is 1. The molecule has 0 radical (unpaired) electrons. The standard InChI is InChI=1S/C21H18N2O3/c1-12(18-19(24)14-9-5-6-10-15(14)20(18)25)22-23-21(26)17-11-16(17)13-7-3-2-4-8-13/h2-10,16-17,24H,11H2,1H3,(H,23,26)/b22-12+/t16-,17+/m1/s1. The second-order valence-corrected chi connectivity index (χ2v) is 6.63. The highest BCUT2D eigenvalue weighted by atomic mass is 16.3. The molecule has 2 N–H and O–H groups in total. The number of hydrazone groups is 1. The molecule has 2 aliphatic carbocycles. The first-order chi connectivity index (χ1) is 12.6. The minimum Gasteiger partial charge on any atom is -0.506 e. The molecule has 0 spiro atoms. The zero-order valence-corrected chi connectivity index (χ0v) is 14.3. The summed E-state index contributed by atoms with van der Waals surface area (Å²) in [4.78, 5) is 24.8. The molecule has 2 aromatic carbocycles. The number of benzene rings is 2. The first-order valence-electron chi connectivity index (χ1n) is 8.54. The number of Topliss-reactive ketones (excluding diaryl/α,β-unsaturated/α-hetero) is 1. The normalized spacial score (nSPS) is 21.6.